The van der Waals surface area contributed by atoms with Crippen LogP contribution in [0, 0.1) is 5.92 Å². The van der Waals surface area contributed by atoms with Gasteiger partial charge >= 0.3 is 0 Å². The number of amides is 4. The number of aromatic nitrogens is 1. The smallest absolute Gasteiger partial charge is 0.244 e. The molecule has 1 aliphatic carbocycles. The van der Waals surface area contributed by atoms with E-state index in [0.29, 0.717) is 26.1 Å². The van der Waals surface area contributed by atoms with E-state index in [-0.39, 0.29) is 55.7 Å². The van der Waals surface area contributed by atoms with E-state index in [0.717, 1.165) is 18.4 Å². The number of piperazine rings is 1. The van der Waals surface area contributed by atoms with Gasteiger partial charge in [-0.15, -0.1) is 0 Å². The van der Waals surface area contributed by atoms with Crippen LogP contribution in [-0.2, 0) is 30.5 Å². The summed E-state index contributed by atoms with van der Waals surface area (Å²) in [4.78, 5) is 62.8. The normalized spacial score (nSPS) is 35.5. The molecule has 5 fully saturated rings. The van der Waals surface area contributed by atoms with Crippen molar-refractivity contribution in [2.24, 2.45) is 5.92 Å². The van der Waals surface area contributed by atoms with E-state index < -0.39 is 42.4 Å². The topological polar surface area (TPSA) is 165 Å². The molecule has 0 radical (unpaired) electrons. The van der Waals surface area contributed by atoms with E-state index >= 15 is 0 Å². The predicted octanol–water partition coefficient (Wildman–Crippen LogP) is -2.40. The molecule has 0 aromatic carbocycles. The maximum Gasteiger partial charge on any atom is 0.244 e. The van der Waals surface area contributed by atoms with Crippen LogP contribution in [0.1, 0.15) is 31.2 Å². The number of hydrogen-bond donors (Lipinski definition) is 4. The molecule has 13 nitrogen and oxygen atoms in total. The molecule has 1 aromatic heterocycles. The van der Waals surface area contributed by atoms with E-state index in [1.54, 1.807) is 22.2 Å². The fourth-order valence-corrected chi connectivity index (χ4v) is 6.36. The maximum absolute atomic E-state index is 14.0. The number of nitrogens with zero attached hydrogens (tertiary/aromatic N) is 4. The number of hydrogen-bond acceptors (Lipinski definition) is 9. The molecule has 4 N–H and O–H groups in total. The van der Waals surface area contributed by atoms with Crippen LogP contribution >= 0.6 is 0 Å². The van der Waals surface area contributed by atoms with Crippen molar-refractivity contribution < 1.29 is 34.1 Å². The Kier molecular flexibility index (Phi) is 7.46. The summed E-state index contributed by atoms with van der Waals surface area (Å²) in [6.07, 6.45) is 0.804. The Morgan fingerprint density at radius 2 is 1.88 bits per heavy atom. The number of aliphatic hydroxyl groups is 2. The molecule has 5 aliphatic rings. The molecule has 40 heavy (non-hydrogen) atoms. The molecule has 0 unspecified atom stereocenters. The molecular weight excluding hydrogens is 520 g/mol. The minimum atomic E-state index is -1.29. The number of likely N-dealkylation sites (tertiary alicyclic amines) is 1. The lowest BCUT2D eigenvalue weighted by molar-refractivity contribution is -0.151. The first-order valence-electron chi connectivity index (χ1n) is 14.1. The highest BCUT2D eigenvalue weighted by molar-refractivity contribution is 5.91. The fraction of sp³-hybridized carbons (Fsp3) is 0.667. The van der Waals surface area contributed by atoms with Gasteiger partial charge in [-0.1, -0.05) is 6.07 Å². The summed E-state index contributed by atoms with van der Waals surface area (Å²) in [5.74, 6) is -1.09. The first-order chi connectivity index (χ1) is 19.3. The average molecular weight is 557 g/mol. The number of rotatable bonds is 3. The molecule has 7 atom stereocenters. The monoisotopic (exact) mass is 556 g/mol. The van der Waals surface area contributed by atoms with Gasteiger partial charge in [-0.25, -0.2) is 0 Å². The molecule has 1 saturated carbocycles. The van der Waals surface area contributed by atoms with Crippen molar-refractivity contribution in [2.75, 3.05) is 32.7 Å². The number of carbonyl (C=O) groups is 4. The summed E-state index contributed by atoms with van der Waals surface area (Å²) in [5.41, 5.74) is 0.928. The second-order valence-electron chi connectivity index (χ2n) is 11.6. The summed E-state index contributed by atoms with van der Waals surface area (Å²) in [5, 5.41) is 26.8. The van der Waals surface area contributed by atoms with Crippen molar-refractivity contribution in [1.82, 2.24) is 30.3 Å². The Hall–Kier alpha value is -3.13. The van der Waals surface area contributed by atoms with Crippen LogP contribution in [0.4, 0.5) is 0 Å². The summed E-state index contributed by atoms with van der Waals surface area (Å²) in [6.45, 7) is 1.40. The molecule has 1 aromatic rings. The number of fused-ring (bicyclic) bond motifs is 6. The Morgan fingerprint density at radius 1 is 1.07 bits per heavy atom. The summed E-state index contributed by atoms with van der Waals surface area (Å²) in [6, 6.07) is 2.03. The lowest BCUT2D eigenvalue weighted by atomic mass is 10.0. The first kappa shape index (κ1) is 27.1. The number of nitrogens with one attached hydrogen (secondary N) is 2. The zero-order valence-corrected chi connectivity index (χ0v) is 22.2. The minimum Gasteiger partial charge on any atom is -0.388 e. The van der Waals surface area contributed by atoms with Crippen LogP contribution in [0.2, 0.25) is 0 Å². The third kappa shape index (κ3) is 5.42. The van der Waals surface area contributed by atoms with Crippen LogP contribution in [-0.4, -0.2) is 129 Å². The van der Waals surface area contributed by atoms with Crippen molar-refractivity contribution in [3.8, 4) is 0 Å². The van der Waals surface area contributed by atoms with Crippen LogP contribution in [0.5, 0.6) is 0 Å². The Balaban J connectivity index is 1.28. The van der Waals surface area contributed by atoms with Crippen LogP contribution in [0.3, 0.4) is 0 Å². The predicted molar refractivity (Wildman–Crippen MR) is 138 cm³/mol. The maximum atomic E-state index is 14.0. The highest BCUT2D eigenvalue weighted by Gasteiger charge is 2.47. The zero-order valence-electron chi connectivity index (χ0n) is 22.2. The van der Waals surface area contributed by atoms with E-state index in [2.05, 4.69) is 15.6 Å². The first-order valence-corrected chi connectivity index (χ1v) is 14.1. The molecule has 0 spiro atoms. The van der Waals surface area contributed by atoms with E-state index in [1.807, 2.05) is 17.0 Å². The standard InChI is InChI=1S/C27H36N6O7/c34-22-9-20-23(35)24(36)21(40-20)11-29-25(37)19-14-31(6-7-33(19)26(38)16-3-4-16)27(39)18-8-17(30-22)13-32(18)12-15-2-1-5-28-10-15/h1-2,5,10,16-21,23-24,35-36H,3-4,6-9,11-14H2,(H,29,37)(H,30,34)/t17-,18-,19-,20-,21+,23-,24+/m0/s1. The fourth-order valence-electron chi connectivity index (χ4n) is 6.36. The number of pyridine rings is 1. The van der Waals surface area contributed by atoms with Gasteiger partial charge in [-0.05, 0) is 30.9 Å². The lowest BCUT2D eigenvalue weighted by Gasteiger charge is -2.42. The van der Waals surface area contributed by atoms with Crippen LogP contribution in [0.25, 0.3) is 0 Å². The third-order valence-electron chi connectivity index (χ3n) is 8.69. The molecule has 4 amide bonds. The highest BCUT2D eigenvalue weighted by Crippen LogP contribution is 2.33. The number of ether oxygens (including phenoxy) is 1. The Bertz CT molecular complexity index is 1150. The SMILES string of the molecule is O=C1C[C@@H]2O[C@H](CNC(=O)[C@@H]3CN(CCN3C(=O)C3CC3)C(=O)[C@@H]3C[C@@H](CN3Cc3cccnc3)N1)[C@@H](O)[C@H]2O. The molecule has 5 heterocycles. The van der Waals surface area contributed by atoms with Gasteiger partial charge in [-0.3, -0.25) is 29.1 Å². The van der Waals surface area contributed by atoms with Crippen LogP contribution < -0.4 is 10.6 Å². The van der Waals surface area contributed by atoms with Gasteiger partial charge in [0.1, 0.15) is 24.4 Å². The summed E-state index contributed by atoms with van der Waals surface area (Å²) >= 11 is 0. The number of carbonyl (C=O) groups excluding carboxylic acids is 4. The van der Waals surface area contributed by atoms with Gasteiger partial charge < -0.3 is 35.4 Å². The van der Waals surface area contributed by atoms with Gasteiger partial charge in [0.15, 0.2) is 0 Å². The summed E-state index contributed by atoms with van der Waals surface area (Å²) < 4.78 is 5.79. The van der Waals surface area contributed by atoms with Gasteiger partial charge in [0.25, 0.3) is 0 Å². The minimum absolute atomic E-state index is 0.0523. The third-order valence-corrected chi connectivity index (χ3v) is 8.69. The number of aliphatic hydroxyl groups excluding tert-OH is 2. The van der Waals surface area contributed by atoms with Crippen molar-refractivity contribution in [3.05, 3.63) is 30.1 Å². The highest BCUT2D eigenvalue weighted by atomic mass is 16.5. The molecule has 216 valence electrons. The Labute approximate surface area is 231 Å². The molecule has 6 bridgehead atoms. The molecule has 13 heteroatoms. The van der Waals surface area contributed by atoms with Gasteiger partial charge in [0, 0.05) is 57.1 Å². The second-order valence-corrected chi connectivity index (χ2v) is 11.6. The van der Waals surface area contributed by atoms with Crippen molar-refractivity contribution in [3.63, 3.8) is 0 Å². The second kappa shape index (κ2) is 11.0. The molecular formula is C27H36N6O7. The quantitative estimate of drug-likeness (QED) is 0.318. The van der Waals surface area contributed by atoms with Crippen molar-refractivity contribution >= 4 is 23.6 Å². The zero-order chi connectivity index (χ0) is 28.0. The van der Waals surface area contributed by atoms with E-state index in [1.165, 1.54) is 0 Å². The van der Waals surface area contributed by atoms with Crippen molar-refractivity contribution in [2.45, 2.75) is 74.8 Å². The Morgan fingerprint density at radius 3 is 2.62 bits per heavy atom. The molecule has 4 saturated heterocycles. The molecule has 4 aliphatic heterocycles. The van der Waals surface area contributed by atoms with Crippen LogP contribution in [0.15, 0.2) is 24.5 Å². The van der Waals surface area contributed by atoms with E-state index in [9.17, 15) is 29.4 Å². The van der Waals surface area contributed by atoms with Gasteiger partial charge in [0.05, 0.1) is 25.1 Å². The van der Waals surface area contributed by atoms with E-state index in [4.69, 9.17) is 4.74 Å². The lowest BCUT2D eigenvalue weighted by Crippen LogP contribution is -2.63. The van der Waals surface area contributed by atoms with Gasteiger partial charge in [0.2, 0.25) is 23.6 Å². The van der Waals surface area contributed by atoms with Crippen molar-refractivity contribution in [1.29, 1.82) is 0 Å². The van der Waals surface area contributed by atoms with Gasteiger partial charge in [-0.2, -0.15) is 0 Å². The average Bonchev–Trinajstić information content (AvgIpc) is 3.69. The largest absolute Gasteiger partial charge is 0.388 e. The molecule has 6 rings (SSSR count). The summed E-state index contributed by atoms with van der Waals surface area (Å²) in [7, 11) is 0.